The molecule has 0 aromatic rings. The Kier molecular flexibility index (Phi) is 5.76. The summed E-state index contributed by atoms with van der Waals surface area (Å²) in [6.07, 6.45) is 4.62. The van der Waals surface area contributed by atoms with Crippen LogP contribution in [0.15, 0.2) is 24.8 Å². The van der Waals surface area contributed by atoms with E-state index in [-0.39, 0.29) is 24.4 Å². The molecule has 2 atom stereocenters. The first kappa shape index (κ1) is 15.4. The van der Waals surface area contributed by atoms with Gasteiger partial charge in [0.15, 0.2) is 6.10 Å². The molecule has 1 fully saturated rings. The normalized spacial score (nSPS) is 22.7. The Labute approximate surface area is 113 Å². The molecule has 1 heterocycles. The lowest BCUT2D eigenvalue weighted by Gasteiger charge is -2.44. The van der Waals surface area contributed by atoms with E-state index in [1.165, 1.54) is 12.0 Å². The van der Waals surface area contributed by atoms with Crippen LogP contribution < -0.4 is 0 Å². The highest BCUT2D eigenvalue weighted by Crippen LogP contribution is 2.23. The van der Waals surface area contributed by atoms with Crippen molar-refractivity contribution in [2.45, 2.75) is 26.0 Å². The Morgan fingerprint density at radius 1 is 1.53 bits per heavy atom. The summed E-state index contributed by atoms with van der Waals surface area (Å²) in [6.45, 7) is 7.81. The van der Waals surface area contributed by atoms with Crippen molar-refractivity contribution in [3.8, 4) is 0 Å². The fraction of sp³-hybridized carbons (Fsp3) is 0.571. The number of ether oxygens (including phenoxy) is 2. The average molecular weight is 267 g/mol. The van der Waals surface area contributed by atoms with E-state index < -0.39 is 12.1 Å². The van der Waals surface area contributed by atoms with E-state index in [1.807, 2.05) is 13.8 Å². The molecular formula is C14H21NO4. The van der Waals surface area contributed by atoms with Gasteiger partial charge in [-0.1, -0.05) is 38.7 Å². The second kappa shape index (κ2) is 7.09. The van der Waals surface area contributed by atoms with Crippen molar-refractivity contribution in [1.82, 2.24) is 4.90 Å². The van der Waals surface area contributed by atoms with E-state index in [0.717, 1.165) is 0 Å². The van der Waals surface area contributed by atoms with Gasteiger partial charge in [0, 0.05) is 7.11 Å². The lowest BCUT2D eigenvalue weighted by atomic mass is 9.97. The molecule has 0 aromatic carbocycles. The predicted octanol–water partition coefficient (Wildman–Crippen LogP) is 1.15. The van der Waals surface area contributed by atoms with Crippen molar-refractivity contribution in [3.05, 3.63) is 24.8 Å². The number of allylic oxidation sites excluding steroid dienone is 2. The standard InChI is InChI=1S/C14H21NO4/c1-5-6-7-11-13(18-4)14(17)15(11)8-12(16)19-9-10(2)3/h5-7,10-11,13H,1,8-9H2,2-4H3/b7-6+/t11-,13+/m0/s1. The van der Waals surface area contributed by atoms with Gasteiger partial charge in [0.1, 0.15) is 6.54 Å². The van der Waals surface area contributed by atoms with E-state index in [2.05, 4.69) is 6.58 Å². The summed E-state index contributed by atoms with van der Waals surface area (Å²) < 4.78 is 10.2. The van der Waals surface area contributed by atoms with Gasteiger partial charge in [0.05, 0.1) is 12.6 Å². The monoisotopic (exact) mass is 267 g/mol. The zero-order valence-corrected chi connectivity index (χ0v) is 11.7. The number of carbonyl (C=O) groups is 2. The average Bonchev–Trinajstić information content (AvgIpc) is 2.38. The predicted molar refractivity (Wildman–Crippen MR) is 71.4 cm³/mol. The maximum Gasteiger partial charge on any atom is 0.325 e. The van der Waals surface area contributed by atoms with Crippen molar-refractivity contribution in [2.24, 2.45) is 5.92 Å². The quantitative estimate of drug-likeness (QED) is 0.394. The Bertz CT molecular complexity index is 376. The molecule has 0 aliphatic carbocycles. The minimum absolute atomic E-state index is 0.0441. The van der Waals surface area contributed by atoms with Gasteiger partial charge in [-0.25, -0.2) is 0 Å². The highest BCUT2D eigenvalue weighted by molar-refractivity contribution is 5.92. The number of rotatable bonds is 7. The Hall–Kier alpha value is -1.62. The molecule has 1 aliphatic rings. The lowest BCUT2D eigenvalue weighted by molar-refractivity contribution is -0.172. The zero-order chi connectivity index (χ0) is 14.4. The molecule has 1 rings (SSSR count). The van der Waals surface area contributed by atoms with Crippen LogP contribution in [0.3, 0.4) is 0 Å². The summed E-state index contributed by atoms with van der Waals surface area (Å²) in [5, 5.41) is 0. The molecule has 0 spiro atoms. The van der Waals surface area contributed by atoms with Gasteiger partial charge >= 0.3 is 5.97 Å². The van der Waals surface area contributed by atoms with Gasteiger partial charge in [-0.3, -0.25) is 9.59 Å². The van der Waals surface area contributed by atoms with Crippen LogP contribution in [0.5, 0.6) is 0 Å². The van der Waals surface area contributed by atoms with Crippen LogP contribution in [-0.4, -0.2) is 49.2 Å². The molecule has 1 saturated heterocycles. The molecule has 0 radical (unpaired) electrons. The maximum absolute atomic E-state index is 11.8. The van der Waals surface area contributed by atoms with Crippen molar-refractivity contribution in [2.75, 3.05) is 20.3 Å². The zero-order valence-electron chi connectivity index (χ0n) is 11.7. The highest BCUT2D eigenvalue weighted by Gasteiger charge is 2.46. The van der Waals surface area contributed by atoms with E-state index in [0.29, 0.717) is 6.61 Å². The summed E-state index contributed by atoms with van der Waals surface area (Å²) >= 11 is 0. The smallest absolute Gasteiger partial charge is 0.325 e. The molecule has 0 aromatic heterocycles. The van der Waals surface area contributed by atoms with Crippen LogP contribution in [0.1, 0.15) is 13.8 Å². The number of esters is 1. The van der Waals surface area contributed by atoms with Gasteiger partial charge in [-0.2, -0.15) is 0 Å². The van der Waals surface area contributed by atoms with Crippen molar-refractivity contribution in [1.29, 1.82) is 0 Å². The topological polar surface area (TPSA) is 55.8 Å². The molecule has 0 saturated carbocycles. The lowest BCUT2D eigenvalue weighted by Crippen LogP contribution is -2.65. The van der Waals surface area contributed by atoms with Crippen molar-refractivity contribution < 1.29 is 19.1 Å². The van der Waals surface area contributed by atoms with E-state index in [4.69, 9.17) is 9.47 Å². The van der Waals surface area contributed by atoms with Crippen LogP contribution in [-0.2, 0) is 19.1 Å². The largest absolute Gasteiger partial charge is 0.464 e. The number of β-lactam (4-membered cyclic amide) rings is 1. The van der Waals surface area contributed by atoms with E-state index >= 15 is 0 Å². The van der Waals surface area contributed by atoms with E-state index in [9.17, 15) is 9.59 Å². The van der Waals surface area contributed by atoms with E-state index in [1.54, 1.807) is 18.2 Å². The second-order valence-electron chi connectivity index (χ2n) is 4.81. The minimum Gasteiger partial charge on any atom is -0.464 e. The summed E-state index contributed by atoms with van der Waals surface area (Å²) in [5.74, 6) is -0.310. The van der Waals surface area contributed by atoms with Gasteiger partial charge in [0.25, 0.3) is 5.91 Å². The SMILES string of the molecule is C=C/C=C/[C@H]1[C@@H](OC)C(=O)N1CC(=O)OCC(C)C. The third kappa shape index (κ3) is 3.92. The number of likely N-dealkylation sites (tertiary alicyclic amines) is 1. The first-order valence-corrected chi connectivity index (χ1v) is 6.29. The number of amides is 1. The molecule has 106 valence electrons. The third-order valence-electron chi connectivity index (χ3n) is 2.77. The molecule has 5 heteroatoms. The Balaban J connectivity index is 2.55. The maximum atomic E-state index is 11.8. The van der Waals surface area contributed by atoms with Gasteiger partial charge in [-0.05, 0) is 5.92 Å². The van der Waals surface area contributed by atoms with Crippen LogP contribution in [0.2, 0.25) is 0 Å². The number of nitrogens with zero attached hydrogens (tertiary/aromatic N) is 1. The van der Waals surface area contributed by atoms with Crippen molar-refractivity contribution in [3.63, 3.8) is 0 Å². The molecule has 1 aliphatic heterocycles. The van der Waals surface area contributed by atoms with Crippen molar-refractivity contribution >= 4 is 11.9 Å². The number of carbonyl (C=O) groups excluding carboxylic acids is 2. The Morgan fingerprint density at radius 3 is 2.74 bits per heavy atom. The fourth-order valence-corrected chi connectivity index (χ4v) is 1.80. The van der Waals surface area contributed by atoms with Gasteiger partial charge in [-0.15, -0.1) is 0 Å². The molecular weight excluding hydrogens is 246 g/mol. The molecule has 0 bridgehead atoms. The summed E-state index contributed by atoms with van der Waals surface area (Å²) in [4.78, 5) is 24.8. The summed E-state index contributed by atoms with van der Waals surface area (Å²) in [6, 6.07) is -0.234. The molecule has 19 heavy (non-hydrogen) atoms. The number of hydrogen-bond acceptors (Lipinski definition) is 4. The van der Waals surface area contributed by atoms with Gasteiger partial charge < -0.3 is 14.4 Å². The minimum atomic E-state index is -0.519. The summed E-state index contributed by atoms with van der Waals surface area (Å²) in [5.41, 5.74) is 0. The number of hydrogen-bond donors (Lipinski definition) is 0. The Morgan fingerprint density at radius 2 is 2.21 bits per heavy atom. The second-order valence-corrected chi connectivity index (χ2v) is 4.81. The molecule has 5 nitrogen and oxygen atoms in total. The molecule has 0 N–H and O–H groups in total. The van der Waals surface area contributed by atoms with Gasteiger partial charge in [0.2, 0.25) is 0 Å². The van der Waals surface area contributed by atoms with Crippen LogP contribution in [0.4, 0.5) is 0 Å². The van der Waals surface area contributed by atoms with Crippen LogP contribution >= 0.6 is 0 Å². The molecule has 1 amide bonds. The highest BCUT2D eigenvalue weighted by atomic mass is 16.5. The van der Waals surface area contributed by atoms with Crippen LogP contribution in [0, 0.1) is 5.92 Å². The first-order chi connectivity index (χ1) is 9.01. The van der Waals surface area contributed by atoms with Crippen LogP contribution in [0.25, 0.3) is 0 Å². The third-order valence-corrected chi connectivity index (χ3v) is 2.77. The molecule has 0 unspecified atom stereocenters. The number of methoxy groups -OCH3 is 1. The summed E-state index contributed by atoms with van der Waals surface area (Å²) in [7, 11) is 1.48. The fourth-order valence-electron chi connectivity index (χ4n) is 1.80. The first-order valence-electron chi connectivity index (χ1n) is 6.29.